The molecule has 3 aromatic rings. The first-order valence-corrected chi connectivity index (χ1v) is 6.83. The minimum atomic E-state index is 0.801. The molecule has 19 heavy (non-hydrogen) atoms. The van der Waals surface area contributed by atoms with E-state index in [2.05, 4.69) is 33.2 Å². The number of aryl methyl sites for hydroxylation is 2. The molecule has 3 heteroatoms. The van der Waals surface area contributed by atoms with Gasteiger partial charge in [0, 0.05) is 34.6 Å². The summed E-state index contributed by atoms with van der Waals surface area (Å²) in [5, 5.41) is 1.35. The maximum absolute atomic E-state index is 4.33. The van der Waals surface area contributed by atoms with Gasteiger partial charge in [-0.05, 0) is 55.5 Å². The molecule has 2 heterocycles. The molecule has 0 unspecified atom stereocenters. The van der Waals surface area contributed by atoms with Crippen molar-refractivity contribution in [2.24, 2.45) is 0 Å². The first-order chi connectivity index (χ1) is 9.42. The molecule has 3 nitrogen and oxygen atoms in total. The highest BCUT2D eigenvalue weighted by Gasteiger charge is 2.15. The number of rotatable bonds is 1. The summed E-state index contributed by atoms with van der Waals surface area (Å²) in [6.07, 6.45) is 8.55. The average molecular weight is 249 g/mol. The summed E-state index contributed by atoms with van der Waals surface area (Å²) in [6.45, 7) is 0. The van der Waals surface area contributed by atoms with Crippen molar-refractivity contribution in [3.05, 3.63) is 47.9 Å². The Kier molecular flexibility index (Phi) is 2.37. The SMILES string of the molecule is c1cnc(-c2ccc3[nH]c4c(c3c2)CCCC4)nc1. The first kappa shape index (κ1) is 10.7. The highest BCUT2D eigenvalue weighted by atomic mass is 14.8. The van der Waals surface area contributed by atoms with Crippen LogP contribution in [-0.4, -0.2) is 15.0 Å². The standard InChI is InChI=1S/C16H15N3/c1-2-5-14-12(4-1)13-10-11(6-7-15(13)19-14)16-17-8-3-9-18-16/h3,6-10,19H,1-2,4-5H2. The maximum Gasteiger partial charge on any atom is 0.159 e. The van der Waals surface area contributed by atoms with Crippen LogP contribution in [0.25, 0.3) is 22.3 Å². The van der Waals surface area contributed by atoms with Crippen LogP contribution < -0.4 is 0 Å². The molecular weight excluding hydrogens is 234 g/mol. The number of benzene rings is 1. The van der Waals surface area contributed by atoms with E-state index in [0.717, 1.165) is 11.4 Å². The van der Waals surface area contributed by atoms with Crippen LogP contribution in [0.15, 0.2) is 36.7 Å². The van der Waals surface area contributed by atoms with Gasteiger partial charge in [-0.3, -0.25) is 0 Å². The monoisotopic (exact) mass is 249 g/mol. The van der Waals surface area contributed by atoms with Crippen molar-refractivity contribution in [2.45, 2.75) is 25.7 Å². The zero-order chi connectivity index (χ0) is 12.7. The van der Waals surface area contributed by atoms with Crippen LogP contribution in [0.1, 0.15) is 24.1 Å². The number of aromatic amines is 1. The summed E-state index contributed by atoms with van der Waals surface area (Å²) in [6, 6.07) is 8.32. The summed E-state index contributed by atoms with van der Waals surface area (Å²) in [7, 11) is 0. The number of nitrogens with zero attached hydrogens (tertiary/aromatic N) is 2. The lowest BCUT2D eigenvalue weighted by molar-refractivity contribution is 0.680. The number of hydrogen-bond donors (Lipinski definition) is 1. The molecule has 1 aliphatic carbocycles. The van der Waals surface area contributed by atoms with Gasteiger partial charge in [-0.2, -0.15) is 0 Å². The average Bonchev–Trinajstić information content (AvgIpc) is 2.86. The highest BCUT2D eigenvalue weighted by molar-refractivity contribution is 5.88. The van der Waals surface area contributed by atoms with Gasteiger partial charge in [0.15, 0.2) is 5.82 Å². The number of aromatic nitrogens is 3. The van der Waals surface area contributed by atoms with E-state index >= 15 is 0 Å². The van der Waals surface area contributed by atoms with E-state index in [1.165, 1.54) is 47.8 Å². The molecule has 4 rings (SSSR count). The normalized spacial score (nSPS) is 14.5. The molecule has 1 aliphatic rings. The predicted molar refractivity (Wildman–Crippen MR) is 76.0 cm³/mol. The smallest absolute Gasteiger partial charge is 0.159 e. The quantitative estimate of drug-likeness (QED) is 0.717. The van der Waals surface area contributed by atoms with E-state index in [1.807, 2.05) is 6.07 Å². The molecule has 1 aromatic carbocycles. The van der Waals surface area contributed by atoms with Crippen molar-refractivity contribution in [2.75, 3.05) is 0 Å². The van der Waals surface area contributed by atoms with E-state index in [9.17, 15) is 0 Å². The van der Waals surface area contributed by atoms with Crippen LogP contribution in [0.3, 0.4) is 0 Å². The van der Waals surface area contributed by atoms with E-state index in [4.69, 9.17) is 0 Å². The number of hydrogen-bond acceptors (Lipinski definition) is 2. The Hall–Kier alpha value is -2.16. The van der Waals surface area contributed by atoms with Crippen molar-refractivity contribution in [1.82, 2.24) is 15.0 Å². The van der Waals surface area contributed by atoms with Crippen molar-refractivity contribution < 1.29 is 0 Å². The van der Waals surface area contributed by atoms with E-state index in [1.54, 1.807) is 12.4 Å². The largest absolute Gasteiger partial charge is 0.358 e. The lowest BCUT2D eigenvalue weighted by Crippen LogP contribution is -2.00. The zero-order valence-electron chi connectivity index (χ0n) is 10.7. The third-order valence-corrected chi connectivity index (χ3v) is 3.92. The second-order valence-corrected chi connectivity index (χ2v) is 5.12. The molecule has 0 saturated heterocycles. The summed E-state index contributed by atoms with van der Waals surface area (Å²) in [5.41, 5.74) is 5.26. The van der Waals surface area contributed by atoms with Gasteiger partial charge in [-0.1, -0.05) is 0 Å². The molecule has 0 bridgehead atoms. The molecule has 0 aliphatic heterocycles. The van der Waals surface area contributed by atoms with Gasteiger partial charge in [0.1, 0.15) is 0 Å². The Morgan fingerprint density at radius 2 is 1.84 bits per heavy atom. The number of H-pyrrole nitrogens is 1. The van der Waals surface area contributed by atoms with Gasteiger partial charge >= 0.3 is 0 Å². The Morgan fingerprint density at radius 3 is 2.74 bits per heavy atom. The molecule has 1 N–H and O–H groups in total. The third-order valence-electron chi connectivity index (χ3n) is 3.92. The molecule has 0 atom stereocenters. The Balaban J connectivity index is 1.91. The summed E-state index contributed by atoms with van der Waals surface area (Å²) in [4.78, 5) is 12.2. The molecule has 94 valence electrons. The lowest BCUT2D eigenvalue weighted by atomic mass is 9.95. The highest BCUT2D eigenvalue weighted by Crippen LogP contribution is 2.31. The third kappa shape index (κ3) is 1.73. The first-order valence-electron chi connectivity index (χ1n) is 6.83. The Labute approximate surface area is 111 Å². The molecule has 0 fully saturated rings. The minimum absolute atomic E-state index is 0.801. The van der Waals surface area contributed by atoms with Gasteiger partial charge < -0.3 is 4.98 Å². The van der Waals surface area contributed by atoms with Crippen molar-refractivity contribution >= 4 is 10.9 Å². The minimum Gasteiger partial charge on any atom is -0.358 e. The second-order valence-electron chi connectivity index (χ2n) is 5.12. The van der Waals surface area contributed by atoms with Crippen LogP contribution in [-0.2, 0) is 12.8 Å². The van der Waals surface area contributed by atoms with E-state index in [0.29, 0.717) is 0 Å². The fourth-order valence-electron chi connectivity index (χ4n) is 2.99. The molecular formula is C16H15N3. The lowest BCUT2D eigenvalue weighted by Gasteiger charge is -2.10. The van der Waals surface area contributed by atoms with Gasteiger partial charge in [0.2, 0.25) is 0 Å². The van der Waals surface area contributed by atoms with Crippen LogP contribution in [0.4, 0.5) is 0 Å². The molecule has 0 spiro atoms. The predicted octanol–water partition coefficient (Wildman–Crippen LogP) is 3.50. The molecule has 2 aromatic heterocycles. The maximum atomic E-state index is 4.33. The molecule has 0 amide bonds. The van der Waals surface area contributed by atoms with Gasteiger partial charge in [0.05, 0.1) is 0 Å². The van der Waals surface area contributed by atoms with E-state index in [-0.39, 0.29) is 0 Å². The fourth-order valence-corrected chi connectivity index (χ4v) is 2.99. The Bertz CT molecular complexity index is 728. The second kappa shape index (κ2) is 4.19. The van der Waals surface area contributed by atoms with Crippen LogP contribution in [0.2, 0.25) is 0 Å². The van der Waals surface area contributed by atoms with Gasteiger partial charge in [-0.15, -0.1) is 0 Å². The summed E-state index contributed by atoms with van der Waals surface area (Å²) >= 11 is 0. The number of nitrogens with one attached hydrogen (secondary N) is 1. The van der Waals surface area contributed by atoms with Crippen LogP contribution >= 0.6 is 0 Å². The summed E-state index contributed by atoms with van der Waals surface area (Å²) in [5.74, 6) is 0.801. The van der Waals surface area contributed by atoms with Crippen molar-refractivity contribution in [3.8, 4) is 11.4 Å². The van der Waals surface area contributed by atoms with Crippen LogP contribution in [0, 0.1) is 0 Å². The summed E-state index contributed by atoms with van der Waals surface area (Å²) < 4.78 is 0. The molecule has 0 saturated carbocycles. The van der Waals surface area contributed by atoms with Gasteiger partial charge in [0.25, 0.3) is 0 Å². The van der Waals surface area contributed by atoms with Crippen molar-refractivity contribution in [3.63, 3.8) is 0 Å². The zero-order valence-corrected chi connectivity index (χ0v) is 10.7. The number of fused-ring (bicyclic) bond motifs is 3. The Morgan fingerprint density at radius 1 is 1.00 bits per heavy atom. The van der Waals surface area contributed by atoms with Gasteiger partial charge in [-0.25, -0.2) is 9.97 Å². The van der Waals surface area contributed by atoms with Crippen LogP contribution in [0.5, 0.6) is 0 Å². The molecule has 0 radical (unpaired) electrons. The topological polar surface area (TPSA) is 41.6 Å². The van der Waals surface area contributed by atoms with Crippen molar-refractivity contribution in [1.29, 1.82) is 0 Å². The fraction of sp³-hybridized carbons (Fsp3) is 0.250. The van der Waals surface area contributed by atoms with E-state index < -0.39 is 0 Å².